The number of nitrogens with zero attached hydrogens (tertiary/aromatic N) is 6. The average molecular weight is 366 g/mol. The van der Waals surface area contributed by atoms with E-state index in [9.17, 15) is 8.42 Å². The molecule has 0 amide bonds. The number of sulfonamides is 1. The molecule has 9 heteroatoms. The fourth-order valence-corrected chi connectivity index (χ4v) is 4.94. The van der Waals surface area contributed by atoms with Crippen LogP contribution in [0.5, 0.6) is 0 Å². The Morgan fingerprint density at radius 2 is 2.00 bits per heavy atom. The molecule has 138 valence electrons. The summed E-state index contributed by atoms with van der Waals surface area (Å²) in [6.07, 6.45) is 8.61. The Labute approximate surface area is 148 Å². The van der Waals surface area contributed by atoms with Crippen LogP contribution in [0.25, 0.3) is 0 Å². The van der Waals surface area contributed by atoms with Gasteiger partial charge in [0.15, 0.2) is 5.82 Å². The summed E-state index contributed by atoms with van der Waals surface area (Å²) in [5.74, 6) is 2.34. The molecule has 1 aliphatic heterocycles. The second kappa shape index (κ2) is 7.65. The van der Waals surface area contributed by atoms with Gasteiger partial charge in [0.1, 0.15) is 5.82 Å². The smallest absolute Gasteiger partial charge is 0.214 e. The Morgan fingerprint density at radius 1 is 1.24 bits per heavy atom. The van der Waals surface area contributed by atoms with Crippen LogP contribution in [-0.2, 0) is 23.6 Å². The quantitative estimate of drug-likeness (QED) is 0.739. The maximum absolute atomic E-state index is 12.3. The number of rotatable bonds is 7. The Bertz CT molecular complexity index is 776. The van der Waals surface area contributed by atoms with Gasteiger partial charge >= 0.3 is 0 Å². The molecule has 0 atom stereocenters. The Balaban J connectivity index is 1.62. The first-order valence-corrected chi connectivity index (χ1v) is 10.4. The molecule has 0 unspecified atom stereocenters. The highest BCUT2D eigenvalue weighted by Gasteiger charge is 2.30. The van der Waals surface area contributed by atoms with Crippen molar-refractivity contribution in [1.29, 1.82) is 0 Å². The van der Waals surface area contributed by atoms with Crippen molar-refractivity contribution in [2.24, 2.45) is 7.05 Å². The minimum absolute atomic E-state index is 0.256. The minimum Gasteiger partial charge on any atom is -0.330 e. The summed E-state index contributed by atoms with van der Waals surface area (Å²) in [7, 11) is -1.13. The number of imidazole rings is 1. The second-order valence-corrected chi connectivity index (χ2v) is 8.70. The second-order valence-electron chi connectivity index (χ2n) is 6.61. The number of hydrogen-bond acceptors (Lipinski definition) is 5. The van der Waals surface area contributed by atoms with Crippen molar-refractivity contribution in [1.82, 2.24) is 28.6 Å². The molecule has 25 heavy (non-hydrogen) atoms. The molecular formula is C16H26N6O2S. The van der Waals surface area contributed by atoms with Crippen molar-refractivity contribution >= 4 is 10.0 Å². The van der Waals surface area contributed by atoms with E-state index in [4.69, 9.17) is 0 Å². The maximum atomic E-state index is 12.3. The zero-order chi connectivity index (χ0) is 17.9. The highest BCUT2D eigenvalue weighted by Crippen LogP contribution is 2.28. The first-order valence-electron chi connectivity index (χ1n) is 8.83. The van der Waals surface area contributed by atoms with Crippen LogP contribution in [0.1, 0.15) is 50.2 Å². The fraction of sp³-hybridized carbons (Fsp3) is 0.688. The van der Waals surface area contributed by atoms with Crippen LogP contribution in [0.2, 0.25) is 0 Å². The topological polar surface area (TPSA) is 85.9 Å². The van der Waals surface area contributed by atoms with Gasteiger partial charge in [0, 0.05) is 38.4 Å². The van der Waals surface area contributed by atoms with Crippen molar-refractivity contribution in [3.05, 3.63) is 30.4 Å². The van der Waals surface area contributed by atoms with E-state index in [0.717, 1.165) is 37.3 Å². The SMILES string of the molecule is CCCCS(=O)(=O)N1CCC(c2nnc(Cn3ccnc3)n2C)CC1. The van der Waals surface area contributed by atoms with E-state index in [1.54, 1.807) is 16.8 Å². The van der Waals surface area contributed by atoms with Crippen LogP contribution < -0.4 is 0 Å². The molecule has 0 aromatic carbocycles. The maximum Gasteiger partial charge on any atom is 0.214 e. The molecule has 2 aromatic rings. The van der Waals surface area contributed by atoms with Gasteiger partial charge in [-0.1, -0.05) is 13.3 Å². The lowest BCUT2D eigenvalue weighted by Crippen LogP contribution is -2.39. The first kappa shape index (κ1) is 18.1. The predicted molar refractivity (Wildman–Crippen MR) is 94.6 cm³/mol. The molecule has 3 heterocycles. The Kier molecular flexibility index (Phi) is 5.53. The number of hydrogen-bond donors (Lipinski definition) is 0. The molecule has 3 rings (SSSR count). The van der Waals surface area contributed by atoms with Crippen molar-refractivity contribution < 1.29 is 8.42 Å². The Morgan fingerprint density at radius 3 is 2.64 bits per heavy atom. The average Bonchev–Trinajstić information content (AvgIpc) is 3.24. The van der Waals surface area contributed by atoms with Gasteiger partial charge in [-0.2, -0.15) is 0 Å². The number of aromatic nitrogens is 5. The summed E-state index contributed by atoms with van der Waals surface area (Å²) in [6.45, 7) is 3.78. The monoisotopic (exact) mass is 366 g/mol. The first-order chi connectivity index (χ1) is 12.0. The third-order valence-corrected chi connectivity index (χ3v) is 6.81. The molecule has 0 bridgehead atoms. The number of piperidine rings is 1. The van der Waals surface area contributed by atoms with Gasteiger partial charge < -0.3 is 9.13 Å². The van der Waals surface area contributed by atoms with E-state index in [1.165, 1.54) is 0 Å². The van der Waals surface area contributed by atoms with Gasteiger partial charge in [-0.15, -0.1) is 10.2 Å². The largest absolute Gasteiger partial charge is 0.330 e. The van der Waals surface area contributed by atoms with Gasteiger partial charge in [0.2, 0.25) is 10.0 Å². The number of unbranched alkanes of at least 4 members (excludes halogenated alkanes) is 1. The van der Waals surface area contributed by atoms with Crippen molar-refractivity contribution in [3.8, 4) is 0 Å². The normalized spacial score (nSPS) is 17.2. The fourth-order valence-electron chi connectivity index (χ4n) is 3.26. The van der Waals surface area contributed by atoms with E-state index in [2.05, 4.69) is 15.2 Å². The van der Waals surface area contributed by atoms with E-state index in [-0.39, 0.29) is 11.7 Å². The molecule has 2 aromatic heterocycles. The van der Waals surface area contributed by atoms with Gasteiger partial charge in [-0.3, -0.25) is 0 Å². The molecule has 0 spiro atoms. The molecule has 0 radical (unpaired) electrons. The van der Waals surface area contributed by atoms with Crippen LogP contribution in [0.15, 0.2) is 18.7 Å². The van der Waals surface area contributed by atoms with Crippen LogP contribution >= 0.6 is 0 Å². The van der Waals surface area contributed by atoms with Gasteiger partial charge in [-0.25, -0.2) is 17.7 Å². The van der Waals surface area contributed by atoms with Crippen LogP contribution in [-0.4, -0.2) is 55.9 Å². The van der Waals surface area contributed by atoms with E-state index < -0.39 is 10.0 Å². The molecule has 1 aliphatic rings. The van der Waals surface area contributed by atoms with E-state index in [1.807, 2.05) is 29.3 Å². The van der Waals surface area contributed by atoms with E-state index >= 15 is 0 Å². The van der Waals surface area contributed by atoms with Crippen LogP contribution in [0, 0.1) is 0 Å². The van der Waals surface area contributed by atoms with Gasteiger partial charge in [0.05, 0.1) is 18.6 Å². The summed E-state index contributed by atoms with van der Waals surface area (Å²) in [4.78, 5) is 4.04. The zero-order valence-corrected chi connectivity index (χ0v) is 15.7. The lowest BCUT2D eigenvalue weighted by molar-refractivity contribution is 0.310. The highest BCUT2D eigenvalue weighted by atomic mass is 32.2. The summed E-state index contributed by atoms with van der Waals surface area (Å²) < 4.78 is 30.3. The van der Waals surface area contributed by atoms with Crippen molar-refractivity contribution in [3.63, 3.8) is 0 Å². The third kappa shape index (κ3) is 4.09. The van der Waals surface area contributed by atoms with Gasteiger partial charge in [0.25, 0.3) is 0 Å². The van der Waals surface area contributed by atoms with Crippen LogP contribution in [0.4, 0.5) is 0 Å². The molecule has 0 saturated carbocycles. The highest BCUT2D eigenvalue weighted by molar-refractivity contribution is 7.89. The Hall–Kier alpha value is -1.74. The molecular weight excluding hydrogens is 340 g/mol. The molecule has 0 aliphatic carbocycles. The van der Waals surface area contributed by atoms with E-state index in [0.29, 0.717) is 19.6 Å². The molecule has 1 fully saturated rings. The predicted octanol–water partition coefficient (Wildman–Crippen LogP) is 1.37. The summed E-state index contributed by atoms with van der Waals surface area (Å²) in [5, 5.41) is 8.67. The zero-order valence-electron chi connectivity index (χ0n) is 14.9. The lowest BCUT2D eigenvalue weighted by atomic mass is 9.97. The van der Waals surface area contributed by atoms with Gasteiger partial charge in [-0.05, 0) is 19.3 Å². The summed E-state index contributed by atoms with van der Waals surface area (Å²) in [6, 6.07) is 0. The third-order valence-electron chi connectivity index (χ3n) is 4.85. The van der Waals surface area contributed by atoms with Crippen molar-refractivity contribution in [2.75, 3.05) is 18.8 Å². The standard InChI is InChI=1S/C16H26N6O2S/c1-3-4-11-25(23,24)22-8-5-14(6-9-22)16-19-18-15(20(16)2)12-21-10-7-17-13-21/h7,10,13-14H,3-6,8-9,11-12H2,1-2H3. The molecule has 1 saturated heterocycles. The molecule has 8 nitrogen and oxygen atoms in total. The molecule has 0 N–H and O–H groups in total. The van der Waals surface area contributed by atoms with Crippen LogP contribution in [0.3, 0.4) is 0 Å². The summed E-state index contributed by atoms with van der Waals surface area (Å²) in [5.41, 5.74) is 0. The lowest BCUT2D eigenvalue weighted by Gasteiger charge is -2.30. The minimum atomic E-state index is -3.11. The summed E-state index contributed by atoms with van der Waals surface area (Å²) >= 11 is 0. The van der Waals surface area contributed by atoms with Crippen molar-refractivity contribution in [2.45, 2.75) is 45.1 Å².